The molecule has 2 aromatic rings. The predicted molar refractivity (Wildman–Crippen MR) is 91.1 cm³/mol. The Labute approximate surface area is 139 Å². The van der Waals surface area contributed by atoms with Gasteiger partial charge in [0.05, 0.1) is 10.0 Å². The third-order valence-electron chi connectivity index (χ3n) is 3.96. The van der Waals surface area contributed by atoms with Gasteiger partial charge < -0.3 is 9.88 Å². The van der Waals surface area contributed by atoms with Crippen LogP contribution in [0.3, 0.4) is 0 Å². The summed E-state index contributed by atoms with van der Waals surface area (Å²) in [7, 11) is 0. The molecule has 1 aliphatic heterocycles. The number of nitrogens with zero attached hydrogens (tertiary/aromatic N) is 1. The third-order valence-corrected chi connectivity index (χ3v) is 4.78. The van der Waals surface area contributed by atoms with Crippen LogP contribution in [0.2, 0.25) is 10.0 Å². The van der Waals surface area contributed by atoms with E-state index in [0.29, 0.717) is 21.3 Å². The van der Waals surface area contributed by atoms with Gasteiger partial charge in [-0.1, -0.05) is 23.2 Å². The average Bonchev–Trinajstić information content (AvgIpc) is 2.47. The highest BCUT2D eigenvalue weighted by Gasteiger charge is 2.15. The van der Waals surface area contributed by atoms with Gasteiger partial charge in [-0.2, -0.15) is 0 Å². The van der Waals surface area contributed by atoms with Gasteiger partial charge >= 0.3 is 0 Å². The Bertz CT molecular complexity index is 693. The van der Waals surface area contributed by atoms with E-state index in [1.807, 2.05) is 12.3 Å². The summed E-state index contributed by atoms with van der Waals surface area (Å²) in [6.07, 6.45) is 4.06. The molecule has 0 radical (unpaired) electrons. The highest BCUT2D eigenvalue weighted by atomic mass is 35.5. The zero-order valence-electron chi connectivity index (χ0n) is 11.4. The standard InChI is InChI=1S/C15H16Cl2N2O.ClH/c16-13-2-1-12-11(14(13)17)5-8-19(15(12)20)9-10-3-6-18-7-4-10;/h1-2,5,8,10,18H,3-4,6-7,9H2;1H. The van der Waals surface area contributed by atoms with Crippen molar-refractivity contribution in [2.45, 2.75) is 19.4 Å². The Balaban J connectivity index is 0.00000161. The summed E-state index contributed by atoms with van der Waals surface area (Å²) in [5, 5.41) is 5.64. The molecule has 21 heavy (non-hydrogen) atoms. The number of fused-ring (bicyclic) bond motifs is 1. The Morgan fingerprint density at radius 2 is 1.86 bits per heavy atom. The van der Waals surface area contributed by atoms with Gasteiger partial charge in [-0.25, -0.2) is 0 Å². The Hall–Kier alpha value is -0.740. The number of piperidine rings is 1. The fourth-order valence-electron chi connectivity index (χ4n) is 2.79. The van der Waals surface area contributed by atoms with Crippen molar-refractivity contribution < 1.29 is 0 Å². The van der Waals surface area contributed by atoms with Crippen molar-refractivity contribution in [3.05, 3.63) is 44.8 Å². The summed E-state index contributed by atoms with van der Waals surface area (Å²) in [6, 6.07) is 5.32. The van der Waals surface area contributed by atoms with E-state index in [-0.39, 0.29) is 18.0 Å². The molecule has 1 aliphatic rings. The van der Waals surface area contributed by atoms with Gasteiger partial charge in [-0.15, -0.1) is 12.4 Å². The van der Waals surface area contributed by atoms with Gasteiger partial charge in [0.2, 0.25) is 0 Å². The molecule has 6 heteroatoms. The Kier molecular flexibility index (Phi) is 5.55. The molecule has 1 aromatic carbocycles. The van der Waals surface area contributed by atoms with Crippen LogP contribution in [0, 0.1) is 5.92 Å². The van der Waals surface area contributed by atoms with Gasteiger partial charge in [-0.05, 0) is 50.0 Å². The lowest BCUT2D eigenvalue weighted by Gasteiger charge is -2.23. The molecule has 1 N–H and O–H groups in total. The van der Waals surface area contributed by atoms with Crippen LogP contribution in [0.15, 0.2) is 29.2 Å². The van der Waals surface area contributed by atoms with E-state index >= 15 is 0 Å². The number of hydrogen-bond donors (Lipinski definition) is 1. The van der Waals surface area contributed by atoms with Crippen molar-refractivity contribution >= 4 is 46.4 Å². The maximum absolute atomic E-state index is 12.5. The highest BCUT2D eigenvalue weighted by molar-refractivity contribution is 6.45. The second-order valence-electron chi connectivity index (χ2n) is 5.29. The lowest BCUT2D eigenvalue weighted by Crippen LogP contribution is -2.32. The van der Waals surface area contributed by atoms with Gasteiger partial charge in [0.25, 0.3) is 5.56 Å². The molecule has 0 unspecified atom stereocenters. The van der Waals surface area contributed by atoms with E-state index in [1.54, 1.807) is 16.7 Å². The normalized spacial score (nSPS) is 15.9. The number of rotatable bonds is 2. The fourth-order valence-corrected chi connectivity index (χ4v) is 3.18. The largest absolute Gasteiger partial charge is 0.317 e. The lowest BCUT2D eigenvalue weighted by molar-refractivity contribution is 0.330. The molecule has 114 valence electrons. The second-order valence-corrected chi connectivity index (χ2v) is 6.07. The van der Waals surface area contributed by atoms with Crippen molar-refractivity contribution in [2.75, 3.05) is 13.1 Å². The molecule has 2 heterocycles. The van der Waals surface area contributed by atoms with Gasteiger partial charge in [-0.3, -0.25) is 4.79 Å². The molecule has 0 saturated carbocycles. The van der Waals surface area contributed by atoms with Crippen LogP contribution >= 0.6 is 35.6 Å². The molecule has 0 amide bonds. The second kappa shape index (κ2) is 7.01. The number of hydrogen-bond acceptors (Lipinski definition) is 2. The number of nitrogens with one attached hydrogen (secondary N) is 1. The maximum atomic E-state index is 12.5. The summed E-state index contributed by atoms with van der Waals surface area (Å²) in [4.78, 5) is 12.5. The highest BCUT2D eigenvalue weighted by Crippen LogP contribution is 2.29. The van der Waals surface area contributed by atoms with Crippen LogP contribution in [-0.2, 0) is 6.54 Å². The van der Waals surface area contributed by atoms with Crippen molar-refractivity contribution in [2.24, 2.45) is 5.92 Å². The van der Waals surface area contributed by atoms with Crippen LogP contribution in [-0.4, -0.2) is 17.7 Å². The SMILES string of the molecule is Cl.O=c1c2ccc(Cl)c(Cl)c2ccn1CC1CCNCC1. The minimum Gasteiger partial charge on any atom is -0.317 e. The lowest BCUT2D eigenvalue weighted by atomic mass is 9.98. The van der Waals surface area contributed by atoms with Crippen LogP contribution in [0.1, 0.15) is 12.8 Å². The van der Waals surface area contributed by atoms with Crippen LogP contribution in [0.5, 0.6) is 0 Å². The van der Waals surface area contributed by atoms with Crippen LogP contribution in [0.25, 0.3) is 10.8 Å². The molecule has 1 fully saturated rings. The van der Waals surface area contributed by atoms with E-state index in [2.05, 4.69) is 5.32 Å². The maximum Gasteiger partial charge on any atom is 0.258 e. The summed E-state index contributed by atoms with van der Waals surface area (Å²) < 4.78 is 1.79. The molecule has 3 rings (SSSR count). The van der Waals surface area contributed by atoms with Crippen molar-refractivity contribution in [1.82, 2.24) is 9.88 Å². The van der Waals surface area contributed by atoms with Crippen molar-refractivity contribution in [3.63, 3.8) is 0 Å². The first kappa shape index (κ1) is 16.6. The van der Waals surface area contributed by atoms with E-state index < -0.39 is 0 Å². The van der Waals surface area contributed by atoms with Gasteiger partial charge in [0.1, 0.15) is 0 Å². The number of aromatic nitrogens is 1. The van der Waals surface area contributed by atoms with E-state index in [1.165, 1.54) is 0 Å². The predicted octanol–water partition coefficient (Wildman–Crippen LogP) is 3.73. The summed E-state index contributed by atoms with van der Waals surface area (Å²) in [5.74, 6) is 0.564. The van der Waals surface area contributed by atoms with Crippen molar-refractivity contribution in [1.29, 1.82) is 0 Å². The summed E-state index contributed by atoms with van der Waals surface area (Å²) >= 11 is 12.1. The Morgan fingerprint density at radius 1 is 1.14 bits per heavy atom. The quantitative estimate of drug-likeness (QED) is 0.898. The molecular weight excluding hydrogens is 331 g/mol. The smallest absolute Gasteiger partial charge is 0.258 e. The molecule has 0 bridgehead atoms. The van der Waals surface area contributed by atoms with Crippen LogP contribution < -0.4 is 10.9 Å². The van der Waals surface area contributed by atoms with Crippen molar-refractivity contribution in [3.8, 4) is 0 Å². The van der Waals surface area contributed by atoms with Gasteiger partial charge in [0.15, 0.2) is 0 Å². The van der Waals surface area contributed by atoms with E-state index in [4.69, 9.17) is 23.2 Å². The minimum atomic E-state index is 0. The zero-order valence-corrected chi connectivity index (χ0v) is 13.8. The monoisotopic (exact) mass is 346 g/mol. The van der Waals surface area contributed by atoms with Crippen LogP contribution in [0.4, 0.5) is 0 Å². The number of halogens is 3. The number of pyridine rings is 1. The molecule has 0 spiro atoms. The van der Waals surface area contributed by atoms with E-state index in [0.717, 1.165) is 37.9 Å². The zero-order chi connectivity index (χ0) is 14.1. The number of benzene rings is 1. The molecule has 1 saturated heterocycles. The Morgan fingerprint density at radius 3 is 2.57 bits per heavy atom. The first-order chi connectivity index (χ1) is 9.66. The molecule has 1 aromatic heterocycles. The first-order valence-electron chi connectivity index (χ1n) is 6.84. The molecule has 0 atom stereocenters. The van der Waals surface area contributed by atoms with Gasteiger partial charge in [0, 0.05) is 23.5 Å². The minimum absolute atomic E-state index is 0. The summed E-state index contributed by atoms with van der Waals surface area (Å²) in [6.45, 7) is 2.85. The third kappa shape index (κ3) is 3.37. The van der Waals surface area contributed by atoms with E-state index in [9.17, 15) is 4.79 Å². The molecular formula is C15H17Cl3N2O. The topological polar surface area (TPSA) is 34.0 Å². The first-order valence-corrected chi connectivity index (χ1v) is 7.60. The summed E-state index contributed by atoms with van der Waals surface area (Å²) in [5.41, 5.74) is 0.0135. The average molecular weight is 348 g/mol. The molecule has 3 nitrogen and oxygen atoms in total. The fraction of sp³-hybridized carbons (Fsp3) is 0.400. The molecule has 0 aliphatic carbocycles.